The van der Waals surface area contributed by atoms with Gasteiger partial charge in [0, 0.05) is 12.1 Å². The van der Waals surface area contributed by atoms with Crippen molar-refractivity contribution in [3.8, 4) is 5.75 Å². The lowest BCUT2D eigenvalue weighted by Gasteiger charge is -2.19. The second kappa shape index (κ2) is 10.6. The molecule has 3 unspecified atom stereocenters. The Hall–Kier alpha value is -1.14. The number of benzene rings is 1. The lowest BCUT2D eigenvalue weighted by atomic mass is 9.98. The largest absolute Gasteiger partial charge is 0.491 e. The third kappa shape index (κ3) is 7.22. The summed E-state index contributed by atoms with van der Waals surface area (Å²) < 4.78 is 5.37. The molecule has 0 amide bonds. The van der Waals surface area contributed by atoms with Gasteiger partial charge in [0.15, 0.2) is 0 Å². The Morgan fingerprint density at radius 3 is 2.32 bits per heavy atom. The topological polar surface area (TPSA) is 102 Å². The van der Waals surface area contributed by atoms with Crippen molar-refractivity contribution >= 4 is 0 Å². The van der Waals surface area contributed by atoms with Gasteiger partial charge in [-0.15, -0.1) is 0 Å². The second-order valence-corrected chi connectivity index (χ2v) is 5.80. The van der Waals surface area contributed by atoms with Crippen LogP contribution in [-0.2, 0) is 6.42 Å². The highest BCUT2D eigenvalue weighted by Crippen LogP contribution is 2.15. The lowest BCUT2D eigenvalue weighted by Crippen LogP contribution is -2.41. The number of aliphatic hydroxyl groups excluding tert-OH is 2. The molecule has 0 fully saturated rings. The molecule has 5 heteroatoms. The van der Waals surface area contributed by atoms with Crippen LogP contribution in [-0.4, -0.2) is 41.6 Å². The third-order valence-corrected chi connectivity index (χ3v) is 3.75. The van der Waals surface area contributed by atoms with Gasteiger partial charge in [0.25, 0.3) is 0 Å². The van der Waals surface area contributed by atoms with Gasteiger partial charge < -0.3 is 26.4 Å². The van der Waals surface area contributed by atoms with Gasteiger partial charge in [0.1, 0.15) is 18.5 Å². The molecule has 1 rings (SSSR count). The third-order valence-electron chi connectivity index (χ3n) is 3.75. The van der Waals surface area contributed by atoms with Gasteiger partial charge in [-0.05, 0) is 43.4 Å². The summed E-state index contributed by atoms with van der Waals surface area (Å²) in [7, 11) is 0. The Morgan fingerprint density at radius 2 is 1.73 bits per heavy atom. The zero-order valence-corrected chi connectivity index (χ0v) is 13.4. The summed E-state index contributed by atoms with van der Waals surface area (Å²) in [5, 5.41) is 18.0. The predicted molar refractivity (Wildman–Crippen MR) is 88.8 cm³/mol. The van der Waals surface area contributed by atoms with E-state index in [1.807, 2.05) is 24.3 Å². The molecule has 5 nitrogen and oxygen atoms in total. The molecule has 0 aliphatic heterocycles. The van der Waals surface area contributed by atoms with Gasteiger partial charge in [-0.1, -0.05) is 25.5 Å². The van der Waals surface area contributed by atoms with Gasteiger partial charge in [-0.2, -0.15) is 0 Å². The van der Waals surface area contributed by atoms with E-state index in [4.69, 9.17) is 21.3 Å². The van der Waals surface area contributed by atoms with Crippen molar-refractivity contribution in [2.75, 3.05) is 13.2 Å². The zero-order chi connectivity index (χ0) is 16.4. The van der Waals surface area contributed by atoms with Crippen molar-refractivity contribution in [1.29, 1.82) is 0 Å². The van der Waals surface area contributed by atoms with Crippen LogP contribution in [0.25, 0.3) is 0 Å². The summed E-state index contributed by atoms with van der Waals surface area (Å²) in [5.41, 5.74) is 13.3. The summed E-state index contributed by atoms with van der Waals surface area (Å²) in [6, 6.07) is 7.95. The van der Waals surface area contributed by atoms with Crippen LogP contribution in [0.15, 0.2) is 24.3 Å². The summed E-state index contributed by atoms with van der Waals surface area (Å²) in [6.45, 7) is 1.92. The average molecular weight is 310 g/mol. The molecule has 22 heavy (non-hydrogen) atoms. The first-order valence-corrected chi connectivity index (χ1v) is 8.08. The number of aliphatic hydroxyl groups is 2. The first kappa shape index (κ1) is 18.9. The highest BCUT2D eigenvalue weighted by atomic mass is 16.5. The smallest absolute Gasteiger partial charge is 0.119 e. The van der Waals surface area contributed by atoms with E-state index in [2.05, 4.69) is 6.92 Å². The van der Waals surface area contributed by atoms with E-state index in [0.29, 0.717) is 5.75 Å². The number of hydrogen-bond acceptors (Lipinski definition) is 5. The Labute approximate surface area is 133 Å². The fourth-order valence-corrected chi connectivity index (χ4v) is 2.30. The number of nitrogens with two attached hydrogens (primary N) is 2. The van der Waals surface area contributed by atoms with Gasteiger partial charge >= 0.3 is 0 Å². The van der Waals surface area contributed by atoms with Crippen molar-refractivity contribution in [1.82, 2.24) is 0 Å². The normalized spacial score (nSPS) is 15.3. The molecule has 1 aromatic rings. The van der Waals surface area contributed by atoms with Crippen molar-refractivity contribution in [3.05, 3.63) is 29.8 Å². The van der Waals surface area contributed by atoms with Crippen LogP contribution in [0, 0.1) is 0 Å². The summed E-state index contributed by atoms with van der Waals surface area (Å²) in [4.78, 5) is 0. The van der Waals surface area contributed by atoms with Crippen LogP contribution in [0.4, 0.5) is 0 Å². The van der Waals surface area contributed by atoms with E-state index < -0.39 is 6.10 Å². The highest BCUT2D eigenvalue weighted by molar-refractivity contribution is 5.27. The Morgan fingerprint density at radius 1 is 1.09 bits per heavy atom. The first-order valence-electron chi connectivity index (χ1n) is 8.08. The molecule has 0 heterocycles. The van der Waals surface area contributed by atoms with Crippen LogP contribution in [0.2, 0.25) is 0 Å². The van der Waals surface area contributed by atoms with E-state index in [1.165, 1.54) is 5.56 Å². The number of rotatable bonds is 11. The van der Waals surface area contributed by atoms with Gasteiger partial charge in [-0.3, -0.25) is 0 Å². The van der Waals surface area contributed by atoms with Gasteiger partial charge in [-0.25, -0.2) is 0 Å². The highest BCUT2D eigenvalue weighted by Gasteiger charge is 2.11. The predicted octanol–water partition coefficient (Wildman–Crippen LogP) is 1.20. The zero-order valence-electron chi connectivity index (χ0n) is 13.4. The van der Waals surface area contributed by atoms with Gasteiger partial charge in [0.05, 0.1) is 6.61 Å². The number of hydrogen-bond donors (Lipinski definition) is 4. The van der Waals surface area contributed by atoms with E-state index in [9.17, 15) is 5.11 Å². The van der Waals surface area contributed by atoms with Crippen LogP contribution in [0.5, 0.6) is 5.75 Å². The average Bonchev–Trinajstić information content (AvgIpc) is 2.53. The van der Waals surface area contributed by atoms with Crippen LogP contribution < -0.4 is 16.2 Å². The number of aryl methyl sites for hydroxylation is 1. The molecule has 0 spiro atoms. The molecule has 3 atom stereocenters. The summed E-state index contributed by atoms with van der Waals surface area (Å²) in [6.07, 6.45) is 4.12. The van der Waals surface area contributed by atoms with Crippen molar-refractivity contribution in [3.63, 3.8) is 0 Å². The van der Waals surface area contributed by atoms with Gasteiger partial charge in [0.2, 0.25) is 0 Å². The summed E-state index contributed by atoms with van der Waals surface area (Å²) >= 11 is 0. The molecular weight excluding hydrogens is 280 g/mol. The lowest BCUT2D eigenvalue weighted by molar-refractivity contribution is 0.0536. The maximum absolute atomic E-state index is 9.23. The standard InChI is InChI=1S/C17H30N2O3/c1-2-4-16(18)17(19)6-3-5-13-7-9-15(10-8-13)22-12-14(21)11-20/h7-10,14,16-17,20-21H,2-6,11-12,18-19H2,1H3. The SMILES string of the molecule is CCCC(N)C(N)CCCc1ccc(OCC(O)CO)cc1. The molecule has 1 aromatic carbocycles. The van der Waals surface area contributed by atoms with Crippen molar-refractivity contribution < 1.29 is 14.9 Å². The number of ether oxygens (including phenoxy) is 1. The first-order chi connectivity index (χ1) is 10.6. The molecule has 0 saturated heterocycles. The maximum Gasteiger partial charge on any atom is 0.119 e. The maximum atomic E-state index is 9.23. The minimum absolute atomic E-state index is 0.0718. The minimum atomic E-state index is -0.839. The van der Waals surface area contributed by atoms with E-state index in [1.54, 1.807) is 0 Å². The molecule has 0 aliphatic carbocycles. The van der Waals surface area contributed by atoms with Crippen LogP contribution in [0.3, 0.4) is 0 Å². The van der Waals surface area contributed by atoms with Crippen molar-refractivity contribution in [2.24, 2.45) is 11.5 Å². The Kier molecular flexibility index (Phi) is 9.08. The Bertz CT molecular complexity index is 397. The summed E-state index contributed by atoms with van der Waals surface area (Å²) in [5.74, 6) is 0.693. The van der Waals surface area contributed by atoms with Crippen LogP contribution >= 0.6 is 0 Å². The van der Waals surface area contributed by atoms with Crippen LogP contribution in [0.1, 0.15) is 38.2 Å². The monoisotopic (exact) mass is 310 g/mol. The molecule has 6 N–H and O–H groups in total. The van der Waals surface area contributed by atoms with E-state index in [0.717, 1.165) is 32.1 Å². The fourth-order valence-electron chi connectivity index (χ4n) is 2.30. The molecular formula is C17H30N2O3. The van der Waals surface area contributed by atoms with Crippen molar-refractivity contribution in [2.45, 2.75) is 57.2 Å². The second-order valence-electron chi connectivity index (χ2n) is 5.80. The molecule has 0 aliphatic rings. The molecule has 0 saturated carbocycles. The Balaban J connectivity index is 2.29. The quantitative estimate of drug-likeness (QED) is 0.492. The van der Waals surface area contributed by atoms with E-state index in [-0.39, 0.29) is 25.3 Å². The molecule has 0 radical (unpaired) electrons. The fraction of sp³-hybridized carbons (Fsp3) is 0.647. The molecule has 0 bridgehead atoms. The molecule has 0 aromatic heterocycles. The molecule has 126 valence electrons. The van der Waals surface area contributed by atoms with E-state index >= 15 is 0 Å². The minimum Gasteiger partial charge on any atom is -0.491 e.